The smallest absolute Gasteiger partial charge is 0.126 e. The molecule has 3 rings (SSSR count). The second-order valence-corrected chi connectivity index (χ2v) is 9.27. The minimum absolute atomic E-state index is 0.317. The van der Waals surface area contributed by atoms with E-state index in [0.717, 1.165) is 62.9 Å². The van der Waals surface area contributed by atoms with Crippen molar-refractivity contribution in [3.63, 3.8) is 0 Å². The highest BCUT2D eigenvalue weighted by Gasteiger charge is 2.40. The number of fused-ring (bicyclic) bond motifs is 3. The zero-order valence-electron chi connectivity index (χ0n) is 18.0. The zero-order chi connectivity index (χ0) is 20.0. The van der Waals surface area contributed by atoms with Gasteiger partial charge in [-0.25, -0.2) is 0 Å². The van der Waals surface area contributed by atoms with Gasteiger partial charge < -0.3 is 14.9 Å². The summed E-state index contributed by atoms with van der Waals surface area (Å²) < 4.78 is 6.12. The predicted octanol–water partition coefficient (Wildman–Crippen LogP) is 6.49. The minimum Gasteiger partial charge on any atom is -0.508 e. The summed E-state index contributed by atoms with van der Waals surface area (Å²) in [6, 6.07) is 4.14. The van der Waals surface area contributed by atoms with Gasteiger partial charge in [-0.2, -0.15) is 0 Å². The van der Waals surface area contributed by atoms with Gasteiger partial charge in [0, 0.05) is 11.5 Å². The first kappa shape index (κ1) is 21.5. The zero-order valence-corrected chi connectivity index (χ0v) is 18.0. The van der Waals surface area contributed by atoms with E-state index in [2.05, 4.69) is 19.9 Å². The normalized spacial score (nSPS) is 26.8. The van der Waals surface area contributed by atoms with Crippen molar-refractivity contribution in [3.8, 4) is 11.5 Å². The van der Waals surface area contributed by atoms with Crippen molar-refractivity contribution in [1.82, 2.24) is 0 Å². The Labute approximate surface area is 171 Å². The standard InChI is InChI=1S/C25H40O3/c1-3-5-6-7-8-9-10-19-16-22(26)24-21-12-15-25(27,13-4-2)14-11-20(21)18-28-23(24)17-19/h16-17,20-21,26-27H,3-15,18H2,1-2H3/t20-,21-,25?/m1/s1. The van der Waals surface area contributed by atoms with E-state index in [9.17, 15) is 10.2 Å². The lowest BCUT2D eigenvalue weighted by Gasteiger charge is -2.33. The Morgan fingerprint density at radius 2 is 1.75 bits per heavy atom. The van der Waals surface area contributed by atoms with Gasteiger partial charge in [0.1, 0.15) is 11.5 Å². The van der Waals surface area contributed by atoms with Gasteiger partial charge in [0.15, 0.2) is 0 Å². The van der Waals surface area contributed by atoms with E-state index in [1.807, 2.05) is 6.07 Å². The minimum atomic E-state index is -0.528. The number of rotatable bonds is 9. The summed E-state index contributed by atoms with van der Waals surface area (Å²) in [4.78, 5) is 0. The van der Waals surface area contributed by atoms with Crippen molar-refractivity contribution >= 4 is 0 Å². The van der Waals surface area contributed by atoms with E-state index in [-0.39, 0.29) is 0 Å². The second-order valence-electron chi connectivity index (χ2n) is 9.27. The lowest BCUT2D eigenvalue weighted by molar-refractivity contribution is 0.0143. The molecule has 0 bridgehead atoms. The fraction of sp³-hybridized carbons (Fsp3) is 0.760. The number of hydrogen-bond acceptors (Lipinski definition) is 3. The first-order chi connectivity index (χ1) is 13.6. The molecule has 0 amide bonds. The quantitative estimate of drug-likeness (QED) is 0.475. The highest BCUT2D eigenvalue weighted by atomic mass is 16.5. The number of unbranched alkanes of at least 4 members (excludes halogenated alkanes) is 5. The molecular formula is C25H40O3. The van der Waals surface area contributed by atoms with Gasteiger partial charge in [0.25, 0.3) is 0 Å². The molecule has 3 nitrogen and oxygen atoms in total. The maximum atomic E-state index is 10.9. The van der Waals surface area contributed by atoms with Crippen LogP contribution in [0.2, 0.25) is 0 Å². The van der Waals surface area contributed by atoms with Gasteiger partial charge in [-0.05, 0) is 68.6 Å². The summed E-state index contributed by atoms with van der Waals surface area (Å²) >= 11 is 0. The molecule has 0 spiro atoms. The number of aromatic hydroxyl groups is 1. The average molecular weight is 389 g/mol. The molecule has 0 saturated heterocycles. The average Bonchev–Trinajstić information content (AvgIpc) is 2.84. The Bertz CT molecular complexity index is 626. The Morgan fingerprint density at radius 3 is 2.54 bits per heavy atom. The van der Waals surface area contributed by atoms with Crippen LogP contribution in [0.15, 0.2) is 12.1 Å². The van der Waals surface area contributed by atoms with Crippen LogP contribution in [0, 0.1) is 5.92 Å². The molecule has 1 aromatic rings. The van der Waals surface area contributed by atoms with Crippen LogP contribution in [-0.4, -0.2) is 22.4 Å². The number of aryl methyl sites for hydroxylation is 1. The lowest BCUT2D eigenvalue weighted by atomic mass is 9.80. The van der Waals surface area contributed by atoms with E-state index in [0.29, 0.717) is 17.6 Å². The molecule has 1 unspecified atom stereocenters. The van der Waals surface area contributed by atoms with Crippen LogP contribution in [0.3, 0.4) is 0 Å². The SMILES string of the molecule is CCCCCCCCc1cc(O)c2c(c1)OC[C@H]1CCC(O)(CCC)CC[C@@H]21. The number of hydrogen-bond donors (Lipinski definition) is 2. The number of phenolic OH excluding ortho intramolecular Hbond substituents is 1. The fourth-order valence-corrected chi connectivity index (χ4v) is 5.35. The van der Waals surface area contributed by atoms with Gasteiger partial charge in [0.2, 0.25) is 0 Å². The molecule has 1 aliphatic heterocycles. The lowest BCUT2D eigenvalue weighted by Crippen LogP contribution is -2.27. The second kappa shape index (κ2) is 10.0. The van der Waals surface area contributed by atoms with E-state index in [1.54, 1.807) is 0 Å². The third-order valence-electron chi connectivity index (χ3n) is 7.01. The number of aliphatic hydroxyl groups is 1. The molecule has 1 heterocycles. The molecule has 3 atom stereocenters. The molecule has 0 radical (unpaired) electrons. The number of phenols is 1. The van der Waals surface area contributed by atoms with Crippen LogP contribution in [0.4, 0.5) is 0 Å². The number of benzene rings is 1. The highest BCUT2D eigenvalue weighted by molar-refractivity contribution is 5.51. The van der Waals surface area contributed by atoms with Crippen molar-refractivity contribution < 1.29 is 14.9 Å². The third kappa shape index (κ3) is 5.23. The molecular weight excluding hydrogens is 348 g/mol. The Kier molecular flexibility index (Phi) is 7.68. The van der Waals surface area contributed by atoms with Crippen LogP contribution in [0.1, 0.15) is 108 Å². The summed E-state index contributed by atoms with van der Waals surface area (Å²) in [6.07, 6.45) is 14.2. The van der Waals surface area contributed by atoms with Crippen LogP contribution < -0.4 is 4.74 Å². The van der Waals surface area contributed by atoms with Crippen LogP contribution in [0.25, 0.3) is 0 Å². The summed E-state index contributed by atoms with van der Waals surface area (Å²) in [5, 5.41) is 21.8. The van der Waals surface area contributed by atoms with Crippen LogP contribution in [-0.2, 0) is 6.42 Å². The van der Waals surface area contributed by atoms with Crippen LogP contribution in [0.5, 0.6) is 11.5 Å². The van der Waals surface area contributed by atoms with E-state index in [4.69, 9.17) is 4.74 Å². The molecule has 3 heteroatoms. The molecule has 1 aromatic carbocycles. The Hall–Kier alpha value is -1.22. The maximum absolute atomic E-state index is 10.9. The molecule has 0 aromatic heterocycles. The predicted molar refractivity (Wildman–Crippen MR) is 115 cm³/mol. The molecule has 158 valence electrons. The highest BCUT2D eigenvalue weighted by Crippen LogP contribution is 2.50. The van der Waals surface area contributed by atoms with Crippen molar-refractivity contribution in [2.24, 2.45) is 5.92 Å². The van der Waals surface area contributed by atoms with E-state index < -0.39 is 5.60 Å². The summed E-state index contributed by atoms with van der Waals surface area (Å²) in [5.41, 5.74) is 1.67. The fourth-order valence-electron chi connectivity index (χ4n) is 5.35. The van der Waals surface area contributed by atoms with Gasteiger partial charge in [-0.15, -0.1) is 0 Å². The Balaban J connectivity index is 1.65. The monoisotopic (exact) mass is 388 g/mol. The molecule has 1 fully saturated rings. The van der Waals surface area contributed by atoms with E-state index in [1.165, 1.54) is 44.1 Å². The summed E-state index contributed by atoms with van der Waals surface area (Å²) in [6.45, 7) is 5.12. The van der Waals surface area contributed by atoms with Crippen LogP contribution >= 0.6 is 0 Å². The molecule has 1 aliphatic carbocycles. The van der Waals surface area contributed by atoms with Gasteiger partial charge in [0.05, 0.1) is 12.2 Å². The van der Waals surface area contributed by atoms with Crippen molar-refractivity contribution in [2.75, 3.05) is 6.61 Å². The third-order valence-corrected chi connectivity index (χ3v) is 7.01. The Morgan fingerprint density at radius 1 is 1.00 bits per heavy atom. The summed E-state index contributed by atoms with van der Waals surface area (Å²) in [7, 11) is 0. The largest absolute Gasteiger partial charge is 0.508 e. The molecule has 28 heavy (non-hydrogen) atoms. The van der Waals surface area contributed by atoms with Gasteiger partial charge >= 0.3 is 0 Å². The van der Waals surface area contributed by atoms with E-state index >= 15 is 0 Å². The molecule has 2 N–H and O–H groups in total. The summed E-state index contributed by atoms with van der Waals surface area (Å²) in [5.74, 6) is 2.03. The first-order valence-electron chi connectivity index (χ1n) is 11.8. The van der Waals surface area contributed by atoms with Crippen molar-refractivity contribution in [2.45, 2.75) is 109 Å². The van der Waals surface area contributed by atoms with Gasteiger partial charge in [-0.3, -0.25) is 0 Å². The first-order valence-corrected chi connectivity index (χ1v) is 11.8. The van der Waals surface area contributed by atoms with Gasteiger partial charge in [-0.1, -0.05) is 52.4 Å². The van der Waals surface area contributed by atoms with Crippen molar-refractivity contribution in [3.05, 3.63) is 23.3 Å². The molecule has 1 saturated carbocycles. The topological polar surface area (TPSA) is 49.7 Å². The molecule has 2 aliphatic rings. The number of ether oxygens (including phenoxy) is 1. The maximum Gasteiger partial charge on any atom is 0.126 e. The van der Waals surface area contributed by atoms with Crippen molar-refractivity contribution in [1.29, 1.82) is 0 Å².